The van der Waals surface area contributed by atoms with E-state index in [2.05, 4.69) is 0 Å². The normalized spacial score (nSPS) is 13.0. The minimum atomic E-state index is -1.57. The van der Waals surface area contributed by atoms with E-state index in [0.717, 1.165) is 27.9 Å². The van der Waals surface area contributed by atoms with Gasteiger partial charge in [-0.25, -0.2) is 0 Å². The molecular weight excluding hydrogens is 361 g/mol. The number of amides is 1. The first-order chi connectivity index (χ1) is 10.8. The molecule has 0 spiro atoms. The third kappa shape index (κ3) is 6.67. The first kappa shape index (κ1) is 23.9. The predicted molar refractivity (Wildman–Crippen MR) is 91.0 cm³/mol. The number of carbonyl (C=O) groups excluding carboxylic acids is 2. The Balaban J connectivity index is 0.00000529. The van der Waals surface area contributed by atoms with Crippen LogP contribution >= 0.6 is 23.1 Å². The molecule has 1 aromatic heterocycles. The summed E-state index contributed by atoms with van der Waals surface area (Å²) < 4.78 is 5.16. The number of aliphatic hydroxyl groups is 1. The molecule has 0 aromatic carbocycles. The molecule has 0 saturated heterocycles. The predicted octanol–water partition coefficient (Wildman–Crippen LogP) is -2.42. The van der Waals surface area contributed by atoms with E-state index in [-0.39, 0.29) is 53.0 Å². The number of thiophene rings is 1. The smallest absolute Gasteiger partial charge is 0.547 e. The Morgan fingerprint density at radius 3 is 2.54 bits per heavy atom. The van der Waals surface area contributed by atoms with Crippen LogP contribution in [0, 0.1) is 13.8 Å². The average molecular weight is 383 g/mol. The Hall–Kier alpha value is -0.0900. The number of hydrogen-bond donors (Lipinski definition) is 1. The van der Waals surface area contributed by atoms with E-state index in [0.29, 0.717) is 6.61 Å². The Labute approximate surface area is 172 Å². The Morgan fingerprint density at radius 2 is 2.08 bits per heavy atom. The van der Waals surface area contributed by atoms with E-state index in [1.54, 1.807) is 23.3 Å². The van der Waals surface area contributed by atoms with Crippen molar-refractivity contribution in [2.45, 2.75) is 32.9 Å². The fourth-order valence-electron chi connectivity index (χ4n) is 2.23. The fourth-order valence-corrected chi connectivity index (χ4v) is 3.85. The maximum absolute atomic E-state index is 12.6. The zero-order chi connectivity index (χ0) is 17.6. The number of carboxylic acids is 1. The quantitative estimate of drug-likeness (QED) is 0.478. The van der Waals surface area contributed by atoms with Gasteiger partial charge in [-0.2, -0.15) is 0 Å². The monoisotopic (exact) mass is 383 g/mol. The Morgan fingerprint density at radius 1 is 1.46 bits per heavy atom. The number of aliphatic carboxylic acids is 1. The molecule has 1 unspecified atom stereocenters. The Kier molecular flexibility index (Phi) is 11.5. The van der Waals surface area contributed by atoms with Gasteiger partial charge < -0.3 is 24.6 Å². The number of rotatable bonds is 9. The number of methoxy groups -OCH3 is 1. The van der Waals surface area contributed by atoms with Gasteiger partial charge in [0.1, 0.15) is 6.10 Å². The summed E-state index contributed by atoms with van der Waals surface area (Å²) in [4.78, 5) is 25.9. The number of carbonyl (C=O) groups is 2. The van der Waals surface area contributed by atoms with Gasteiger partial charge in [-0.1, -0.05) is 0 Å². The number of anilines is 1. The second kappa shape index (κ2) is 11.5. The summed E-state index contributed by atoms with van der Waals surface area (Å²) in [5.41, 5.74) is 1.90. The van der Waals surface area contributed by atoms with Crippen molar-refractivity contribution >= 4 is 40.7 Å². The van der Waals surface area contributed by atoms with Crippen molar-refractivity contribution in [3.05, 3.63) is 15.8 Å². The van der Waals surface area contributed by atoms with Gasteiger partial charge >= 0.3 is 29.6 Å². The summed E-state index contributed by atoms with van der Waals surface area (Å²) in [6, 6.07) is -0.147. The fraction of sp³-hybridized carbons (Fsp3) is 0.600. The van der Waals surface area contributed by atoms with E-state index < -0.39 is 12.1 Å². The zero-order valence-corrected chi connectivity index (χ0v) is 18.3. The van der Waals surface area contributed by atoms with E-state index in [1.165, 1.54) is 0 Å². The Bertz CT molecular complexity index is 532. The van der Waals surface area contributed by atoms with Crippen LogP contribution in [0.4, 0.5) is 5.69 Å². The van der Waals surface area contributed by atoms with Gasteiger partial charge in [0.05, 0.1) is 30.1 Å². The van der Waals surface area contributed by atoms with Crippen molar-refractivity contribution in [3.63, 3.8) is 0 Å². The molecule has 24 heavy (non-hydrogen) atoms. The van der Waals surface area contributed by atoms with Crippen LogP contribution in [-0.4, -0.2) is 54.4 Å². The third-order valence-electron chi connectivity index (χ3n) is 3.25. The number of hydrogen-bond acceptors (Lipinski definition) is 7. The van der Waals surface area contributed by atoms with Crippen molar-refractivity contribution in [1.29, 1.82) is 0 Å². The molecule has 0 fully saturated rings. The summed E-state index contributed by atoms with van der Waals surface area (Å²) >= 11 is 2.65. The summed E-state index contributed by atoms with van der Waals surface area (Å²) in [7, 11) is 1.58. The molecule has 6 nitrogen and oxygen atoms in total. The molecule has 1 aromatic rings. The second-order valence-corrected chi connectivity index (χ2v) is 7.36. The van der Waals surface area contributed by atoms with Crippen LogP contribution in [0.15, 0.2) is 5.38 Å². The summed E-state index contributed by atoms with van der Waals surface area (Å²) in [5, 5.41) is 21.7. The molecule has 0 saturated carbocycles. The molecule has 1 amide bonds. The molecule has 0 radical (unpaired) electrons. The molecule has 130 valence electrons. The number of thioether (sulfide) groups is 1. The van der Waals surface area contributed by atoms with Crippen LogP contribution in [0.1, 0.15) is 17.4 Å². The van der Waals surface area contributed by atoms with Crippen LogP contribution in [0.3, 0.4) is 0 Å². The van der Waals surface area contributed by atoms with Crippen molar-refractivity contribution in [2.24, 2.45) is 0 Å². The van der Waals surface area contributed by atoms with E-state index >= 15 is 0 Å². The molecular formula is C15H22NNaO5S2. The minimum absolute atomic E-state index is 0. The van der Waals surface area contributed by atoms with E-state index in [4.69, 9.17) is 4.74 Å². The van der Waals surface area contributed by atoms with Crippen LogP contribution in [-0.2, 0) is 14.3 Å². The minimum Gasteiger partial charge on any atom is -0.547 e. The number of ether oxygens (including phenoxy) is 1. The van der Waals surface area contributed by atoms with Crippen LogP contribution in [0.25, 0.3) is 0 Å². The van der Waals surface area contributed by atoms with Crippen molar-refractivity contribution < 1.29 is 54.1 Å². The third-order valence-corrected chi connectivity index (χ3v) is 5.27. The zero-order valence-electron chi connectivity index (χ0n) is 14.7. The molecule has 0 aliphatic carbocycles. The van der Waals surface area contributed by atoms with Gasteiger partial charge in [-0.3, -0.25) is 4.79 Å². The first-order valence-electron chi connectivity index (χ1n) is 7.11. The van der Waals surface area contributed by atoms with E-state index in [1.807, 2.05) is 26.2 Å². The average Bonchev–Trinajstić information content (AvgIpc) is 2.80. The van der Waals surface area contributed by atoms with Crippen molar-refractivity contribution in [2.75, 3.05) is 30.1 Å². The van der Waals surface area contributed by atoms with Crippen molar-refractivity contribution in [1.82, 2.24) is 0 Å². The maximum Gasteiger partial charge on any atom is 1.00 e. The second-order valence-electron chi connectivity index (χ2n) is 5.24. The van der Waals surface area contributed by atoms with Crippen LogP contribution in [0.5, 0.6) is 0 Å². The molecule has 0 aliphatic rings. The SMILES string of the molecule is COC[C@H](C)N(C(=O)CSCC(O)C(=O)[O-])c1c(C)csc1C.[Na+]. The number of nitrogens with zero attached hydrogens (tertiary/aromatic N) is 1. The molecule has 1 N–H and O–H groups in total. The molecule has 1 heterocycles. The summed E-state index contributed by atoms with van der Waals surface area (Å²) in [5.74, 6) is -1.68. The van der Waals surface area contributed by atoms with Gasteiger partial charge in [-0.05, 0) is 31.7 Å². The molecule has 0 bridgehead atoms. The molecule has 0 aliphatic heterocycles. The van der Waals surface area contributed by atoms with Crippen molar-refractivity contribution in [3.8, 4) is 0 Å². The number of aliphatic hydroxyl groups excluding tert-OH is 1. The van der Waals surface area contributed by atoms with E-state index in [9.17, 15) is 19.8 Å². The summed E-state index contributed by atoms with van der Waals surface area (Å²) in [6.07, 6.45) is -1.57. The largest absolute Gasteiger partial charge is 1.00 e. The number of carboxylic acid groups (broad SMARTS) is 1. The maximum atomic E-state index is 12.6. The molecule has 9 heteroatoms. The van der Waals surface area contributed by atoms with Gasteiger partial charge in [-0.15, -0.1) is 23.1 Å². The van der Waals surface area contributed by atoms with Crippen LogP contribution < -0.4 is 39.6 Å². The standard InChI is InChI=1S/C15H23NO5S2.Na/c1-9-6-23-11(3)14(9)16(10(2)5-21-4)13(18)8-22-7-12(17)15(19)20;/h6,10,12,17H,5,7-8H2,1-4H3,(H,19,20);/q;+1/p-1/t10-,12?;/m0./s1. The molecule has 2 atom stereocenters. The van der Waals surface area contributed by atoms with Gasteiger partial charge in [0.15, 0.2) is 0 Å². The first-order valence-corrected chi connectivity index (χ1v) is 9.15. The number of aryl methyl sites for hydroxylation is 2. The molecule has 1 rings (SSSR count). The van der Waals surface area contributed by atoms with Gasteiger partial charge in [0.25, 0.3) is 0 Å². The topological polar surface area (TPSA) is 89.9 Å². The summed E-state index contributed by atoms with van der Waals surface area (Å²) in [6.45, 7) is 6.21. The van der Waals surface area contributed by atoms with Gasteiger partial charge in [0.2, 0.25) is 5.91 Å². The van der Waals surface area contributed by atoms with Crippen LogP contribution in [0.2, 0.25) is 0 Å². The van der Waals surface area contributed by atoms with Gasteiger partial charge in [0, 0.05) is 17.7 Å².